The Morgan fingerprint density at radius 1 is 1.12 bits per heavy atom. The van der Waals surface area contributed by atoms with E-state index >= 15 is 0 Å². The van der Waals surface area contributed by atoms with Gasteiger partial charge in [0, 0.05) is 17.8 Å². The van der Waals surface area contributed by atoms with Crippen LogP contribution in [-0.4, -0.2) is 31.2 Å². The second-order valence-electron chi connectivity index (χ2n) is 6.13. The SMILES string of the molecule is C[C@H](NC(=O)c1ccc2c(c1)OCO2)C(=O)N1CCc2ccccc21. The number of carbonyl (C=O) groups is 2. The zero-order valence-corrected chi connectivity index (χ0v) is 13.8. The topological polar surface area (TPSA) is 67.9 Å². The molecule has 0 radical (unpaired) electrons. The Bertz CT molecular complexity index is 849. The molecule has 1 N–H and O–H groups in total. The van der Waals surface area contributed by atoms with Gasteiger partial charge in [-0.05, 0) is 43.2 Å². The van der Waals surface area contributed by atoms with E-state index < -0.39 is 6.04 Å². The van der Waals surface area contributed by atoms with Crippen LogP contribution in [0.5, 0.6) is 11.5 Å². The largest absolute Gasteiger partial charge is 0.454 e. The minimum absolute atomic E-state index is 0.112. The van der Waals surface area contributed by atoms with Crippen molar-refractivity contribution in [3.63, 3.8) is 0 Å². The van der Waals surface area contributed by atoms with E-state index in [1.165, 1.54) is 0 Å². The summed E-state index contributed by atoms with van der Waals surface area (Å²) in [6, 6.07) is 12.2. The molecule has 25 heavy (non-hydrogen) atoms. The van der Waals surface area contributed by atoms with Crippen LogP contribution in [0.2, 0.25) is 0 Å². The maximum Gasteiger partial charge on any atom is 0.252 e. The van der Waals surface area contributed by atoms with Crippen molar-refractivity contribution in [2.75, 3.05) is 18.2 Å². The predicted molar refractivity (Wildman–Crippen MR) is 92.0 cm³/mol. The van der Waals surface area contributed by atoms with Gasteiger partial charge in [0.15, 0.2) is 11.5 Å². The van der Waals surface area contributed by atoms with Crippen molar-refractivity contribution in [3.8, 4) is 11.5 Å². The first-order valence-corrected chi connectivity index (χ1v) is 8.23. The molecule has 0 saturated carbocycles. The van der Waals surface area contributed by atoms with Crippen LogP contribution in [0.3, 0.4) is 0 Å². The highest BCUT2D eigenvalue weighted by Gasteiger charge is 2.29. The number of rotatable bonds is 3. The van der Waals surface area contributed by atoms with E-state index in [-0.39, 0.29) is 18.6 Å². The van der Waals surface area contributed by atoms with Crippen molar-refractivity contribution in [1.82, 2.24) is 5.32 Å². The number of benzene rings is 2. The second-order valence-corrected chi connectivity index (χ2v) is 6.13. The quantitative estimate of drug-likeness (QED) is 0.931. The lowest BCUT2D eigenvalue weighted by atomic mass is 10.1. The van der Waals surface area contributed by atoms with Crippen LogP contribution in [0.25, 0.3) is 0 Å². The molecule has 0 bridgehead atoms. The molecule has 0 aliphatic carbocycles. The Morgan fingerprint density at radius 2 is 1.92 bits per heavy atom. The van der Waals surface area contributed by atoms with Gasteiger partial charge >= 0.3 is 0 Å². The highest BCUT2D eigenvalue weighted by Crippen LogP contribution is 2.32. The Morgan fingerprint density at radius 3 is 2.80 bits per heavy atom. The fourth-order valence-corrected chi connectivity index (χ4v) is 3.18. The van der Waals surface area contributed by atoms with Crippen LogP contribution in [0.15, 0.2) is 42.5 Å². The third-order valence-electron chi connectivity index (χ3n) is 4.51. The van der Waals surface area contributed by atoms with Gasteiger partial charge in [0.05, 0.1) is 0 Å². The van der Waals surface area contributed by atoms with Gasteiger partial charge in [-0.2, -0.15) is 0 Å². The number of ether oxygens (including phenoxy) is 2. The van der Waals surface area contributed by atoms with E-state index in [4.69, 9.17) is 9.47 Å². The third kappa shape index (κ3) is 2.80. The average Bonchev–Trinajstić information content (AvgIpc) is 3.26. The highest BCUT2D eigenvalue weighted by molar-refractivity contribution is 6.03. The fraction of sp³-hybridized carbons (Fsp3) is 0.263. The number of hydrogen-bond donors (Lipinski definition) is 1. The fourth-order valence-electron chi connectivity index (χ4n) is 3.18. The summed E-state index contributed by atoms with van der Waals surface area (Å²) in [6.07, 6.45) is 0.838. The first kappa shape index (κ1) is 15.5. The van der Waals surface area contributed by atoms with E-state index in [2.05, 4.69) is 5.32 Å². The number of hydrogen-bond acceptors (Lipinski definition) is 4. The molecule has 2 aromatic rings. The van der Waals surface area contributed by atoms with Gasteiger partial charge < -0.3 is 19.7 Å². The molecule has 2 aliphatic heterocycles. The molecule has 0 fully saturated rings. The van der Waals surface area contributed by atoms with Crippen molar-refractivity contribution < 1.29 is 19.1 Å². The summed E-state index contributed by atoms with van der Waals surface area (Å²) in [4.78, 5) is 26.9. The number of nitrogens with one attached hydrogen (secondary N) is 1. The number of nitrogens with zero attached hydrogens (tertiary/aromatic N) is 1. The standard InChI is InChI=1S/C19H18N2O4/c1-12(19(23)21-9-8-13-4-2-3-5-15(13)21)20-18(22)14-6-7-16-17(10-14)25-11-24-16/h2-7,10,12H,8-9,11H2,1H3,(H,20,22)/t12-/m0/s1. The molecule has 0 saturated heterocycles. The predicted octanol–water partition coefficient (Wildman–Crippen LogP) is 2.12. The van der Waals surface area contributed by atoms with Gasteiger partial charge in [-0.25, -0.2) is 0 Å². The minimum atomic E-state index is -0.621. The lowest BCUT2D eigenvalue weighted by molar-refractivity contribution is -0.119. The highest BCUT2D eigenvalue weighted by atomic mass is 16.7. The molecule has 6 heteroatoms. The number of carbonyl (C=O) groups excluding carboxylic acids is 2. The number of anilines is 1. The van der Waals surface area contributed by atoms with Gasteiger partial charge in [-0.1, -0.05) is 18.2 Å². The molecule has 0 aromatic heterocycles. The van der Waals surface area contributed by atoms with Gasteiger partial charge in [-0.15, -0.1) is 0 Å². The van der Waals surface area contributed by atoms with Crippen molar-refractivity contribution in [2.24, 2.45) is 0 Å². The Hall–Kier alpha value is -3.02. The van der Waals surface area contributed by atoms with E-state index in [9.17, 15) is 9.59 Å². The molecule has 2 aromatic carbocycles. The molecular formula is C19H18N2O4. The van der Waals surface area contributed by atoms with E-state index in [1.807, 2.05) is 24.3 Å². The van der Waals surface area contributed by atoms with Crippen molar-refractivity contribution in [3.05, 3.63) is 53.6 Å². The molecule has 1 atom stereocenters. The van der Waals surface area contributed by atoms with Crippen molar-refractivity contribution >= 4 is 17.5 Å². The van der Waals surface area contributed by atoms with E-state index in [1.54, 1.807) is 30.0 Å². The first-order chi connectivity index (χ1) is 12.1. The van der Waals surface area contributed by atoms with Crippen LogP contribution >= 0.6 is 0 Å². The molecule has 2 aliphatic rings. The Balaban J connectivity index is 1.46. The molecular weight excluding hydrogens is 320 g/mol. The van der Waals surface area contributed by atoms with Crippen LogP contribution in [0.4, 0.5) is 5.69 Å². The van der Waals surface area contributed by atoms with Crippen LogP contribution in [0, 0.1) is 0 Å². The molecule has 6 nitrogen and oxygen atoms in total. The van der Waals surface area contributed by atoms with Crippen LogP contribution < -0.4 is 19.7 Å². The summed E-state index contributed by atoms with van der Waals surface area (Å²) in [7, 11) is 0. The third-order valence-corrected chi connectivity index (χ3v) is 4.51. The summed E-state index contributed by atoms with van der Waals surface area (Å²) in [5.74, 6) is 0.736. The molecule has 0 unspecified atom stereocenters. The summed E-state index contributed by atoms with van der Waals surface area (Å²) >= 11 is 0. The summed E-state index contributed by atoms with van der Waals surface area (Å²) in [6.45, 7) is 2.50. The van der Waals surface area contributed by atoms with E-state index in [0.717, 1.165) is 17.7 Å². The maximum atomic E-state index is 12.7. The second kappa shape index (κ2) is 6.12. The summed E-state index contributed by atoms with van der Waals surface area (Å²) in [5, 5.41) is 2.77. The number of para-hydroxylation sites is 1. The maximum absolute atomic E-state index is 12.7. The van der Waals surface area contributed by atoms with Gasteiger partial charge in [0.25, 0.3) is 5.91 Å². The summed E-state index contributed by atoms with van der Waals surface area (Å²) < 4.78 is 10.5. The monoisotopic (exact) mass is 338 g/mol. The average molecular weight is 338 g/mol. The van der Waals surface area contributed by atoms with Gasteiger partial charge in [0.2, 0.25) is 12.7 Å². The van der Waals surface area contributed by atoms with Crippen LogP contribution in [0.1, 0.15) is 22.8 Å². The molecule has 4 rings (SSSR count). The molecule has 2 amide bonds. The first-order valence-electron chi connectivity index (χ1n) is 8.23. The Kier molecular flexibility index (Phi) is 3.80. The summed E-state index contributed by atoms with van der Waals surface area (Å²) in [5.41, 5.74) is 2.52. The van der Waals surface area contributed by atoms with Gasteiger partial charge in [0.1, 0.15) is 6.04 Å². The van der Waals surface area contributed by atoms with Crippen LogP contribution in [-0.2, 0) is 11.2 Å². The van der Waals surface area contributed by atoms with Crippen molar-refractivity contribution in [1.29, 1.82) is 0 Å². The zero-order valence-electron chi connectivity index (χ0n) is 13.8. The van der Waals surface area contributed by atoms with Crippen molar-refractivity contribution in [2.45, 2.75) is 19.4 Å². The normalized spacial score (nSPS) is 15.6. The Labute approximate surface area is 145 Å². The van der Waals surface area contributed by atoms with Gasteiger partial charge in [-0.3, -0.25) is 9.59 Å². The molecule has 2 heterocycles. The minimum Gasteiger partial charge on any atom is -0.454 e. The van der Waals surface area contributed by atoms with E-state index in [0.29, 0.717) is 23.6 Å². The molecule has 128 valence electrons. The smallest absolute Gasteiger partial charge is 0.252 e. The lowest BCUT2D eigenvalue weighted by Crippen LogP contribution is -2.46. The zero-order chi connectivity index (χ0) is 17.4. The number of amides is 2. The lowest BCUT2D eigenvalue weighted by Gasteiger charge is -2.22. The number of fused-ring (bicyclic) bond motifs is 2. The molecule has 0 spiro atoms.